The fourth-order valence-corrected chi connectivity index (χ4v) is 2.29. The molecule has 0 atom stereocenters. The van der Waals surface area contributed by atoms with E-state index in [1.807, 2.05) is 31.4 Å². The molecule has 0 radical (unpaired) electrons. The first-order chi connectivity index (χ1) is 7.65. The molecule has 0 spiro atoms. The van der Waals surface area contributed by atoms with Gasteiger partial charge in [0.1, 0.15) is 11.5 Å². The smallest absolute Gasteiger partial charge is 0.156 e. The van der Waals surface area contributed by atoms with Gasteiger partial charge in [-0.1, -0.05) is 6.07 Å². The molecule has 2 aromatic rings. The van der Waals surface area contributed by atoms with Crippen molar-refractivity contribution in [3.63, 3.8) is 0 Å². The SMILES string of the molecule is CC(C)n1nc(-c2cccs2)c(C=O)c1N. The van der Waals surface area contributed by atoms with Gasteiger partial charge < -0.3 is 5.73 Å². The van der Waals surface area contributed by atoms with Crippen molar-refractivity contribution in [1.29, 1.82) is 0 Å². The summed E-state index contributed by atoms with van der Waals surface area (Å²) >= 11 is 1.55. The van der Waals surface area contributed by atoms with Crippen molar-refractivity contribution in [2.24, 2.45) is 0 Å². The predicted octanol–water partition coefficient (Wildman–Crippen LogP) is 2.59. The molecule has 0 amide bonds. The molecule has 0 aliphatic carbocycles. The number of hydrogen-bond donors (Lipinski definition) is 1. The lowest BCUT2D eigenvalue weighted by molar-refractivity contribution is 0.112. The van der Waals surface area contributed by atoms with Crippen LogP contribution in [0.1, 0.15) is 30.2 Å². The maximum Gasteiger partial charge on any atom is 0.156 e. The molecule has 16 heavy (non-hydrogen) atoms. The molecule has 0 aromatic carbocycles. The summed E-state index contributed by atoms with van der Waals surface area (Å²) in [6.45, 7) is 3.96. The van der Waals surface area contributed by atoms with E-state index < -0.39 is 0 Å². The van der Waals surface area contributed by atoms with E-state index in [1.54, 1.807) is 16.0 Å². The molecule has 0 saturated carbocycles. The summed E-state index contributed by atoms with van der Waals surface area (Å²) in [4.78, 5) is 12.0. The van der Waals surface area contributed by atoms with E-state index >= 15 is 0 Å². The molecule has 4 nitrogen and oxygen atoms in total. The number of thiophene rings is 1. The highest BCUT2D eigenvalue weighted by Gasteiger charge is 2.18. The summed E-state index contributed by atoms with van der Waals surface area (Å²) in [5.41, 5.74) is 7.06. The first-order valence-corrected chi connectivity index (χ1v) is 5.90. The zero-order valence-corrected chi connectivity index (χ0v) is 9.99. The van der Waals surface area contributed by atoms with Crippen molar-refractivity contribution in [2.75, 3.05) is 5.73 Å². The number of anilines is 1. The lowest BCUT2D eigenvalue weighted by Crippen LogP contribution is -2.07. The third-order valence-electron chi connectivity index (χ3n) is 2.35. The normalized spacial score (nSPS) is 10.9. The van der Waals surface area contributed by atoms with Gasteiger partial charge in [-0.25, -0.2) is 4.68 Å². The van der Waals surface area contributed by atoms with Gasteiger partial charge in [-0.05, 0) is 25.3 Å². The lowest BCUT2D eigenvalue weighted by Gasteiger charge is -2.06. The molecule has 0 aliphatic rings. The zero-order chi connectivity index (χ0) is 11.7. The van der Waals surface area contributed by atoms with Gasteiger partial charge in [0.25, 0.3) is 0 Å². The molecule has 2 aromatic heterocycles. The molecule has 5 heteroatoms. The Morgan fingerprint density at radius 3 is 2.81 bits per heavy atom. The van der Waals surface area contributed by atoms with Crippen LogP contribution in [0.3, 0.4) is 0 Å². The van der Waals surface area contributed by atoms with Crippen LogP contribution >= 0.6 is 11.3 Å². The van der Waals surface area contributed by atoms with Crippen molar-refractivity contribution >= 4 is 23.4 Å². The van der Waals surface area contributed by atoms with E-state index in [0.29, 0.717) is 17.1 Å². The Balaban J connectivity index is 2.62. The minimum atomic E-state index is 0.146. The third kappa shape index (κ3) is 1.63. The summed E-state index contributed by atoms with van der Waals surface area (Å²) in [7, 11) is 0. The van der Waals surface area contributed by atoms with Crippen LogP contribution in [0.4, 0.5) is 5.82 Å². The molecule has 0 saturated heterocycles. The number of carbonyl (C=O) groups is 1. The summed E-state index contributed by atoms with van der Waals surface area (Å²) in [5, 5.41) is 6.35. The van der Waals surface area contributed by atoms with Crippen LogP contribution in [0.5, 0.6) is 0 Å². The van der Waals surface area contributed by atoms with E-state index in [-0.39, 0.29) is 6.04 Å². The minimum absolute atomic E-state index is 0.146. The first kappa shape index (κ1) is 10.9. The van der Waals surface area contributed by atoms with Crippen LogP contribution < -0.4 is 5.73 Å². The molecule has 0 fully saturated rings. The van der Waals surface area contributed by atoms with Gasteiger partial charge in [0, 0.05) is 6.04 Å². The second-order valence-electron chi connectivity index (χ2n) is 3.78. The Kier molecular flexibility index (Phi) is 2.78. The Morgan fingerprint density at radius 2 is 2.31 bits per heavy atom. The van der Waals surface area contributed by atoms with Crippen LogP contribution in [0, 0.1) is 0 Å². The van der Waals surface area contributed by atoms with E-state index in [4.69, 9.17) is 5.73 Å². The second kappa shape index (κ2) is 4.09. The number of aldehydes is 1. The number of hydrogen-bond acceptors (Lipinski definition) is 4. The highest BCUT2D eigenvalue weighted by atomic mass is 32.1. The number of carbonyl (C=O) groups excluding carboxylic acids is 1. The zero-order valence-electron chi connectivity index (χ0n) is 9.18. The van der Waals surface area contributed by atoms with Crippen LogP contribution in [0.25, 0.3) is 10.6 Å². The van der Waals surface area contributed by atoms with Gasteiger partial charge in [0.2, 0.25) is 0 Å². The number of nitrogens with two attached hydrogens (primary N) is 1. The summed E-state index contributed by atoms with van der Waals surface area (Å²) < 4.78 is 1.68. The molecule has 0 bridgehead atoms. The average molecular weight is 235 g/mol. The van der Waals surface area contributed by atoms with E-state index in [9.17, 15) is 4.79 Å². The van der Waals surface area contributed by atoms with Gasteiger partial charge in [-0.15, -0.1) is 11.3 Å². The third-order valence-corrected chi connectivity index (χ3v) is 3.22. The molecule has 0 aliphatic heterocycles. The number of nitrogen functional groups attached to an aromatic ring is 1. The Bertz CT molecular complexity index is 500. The van der Waals surface area contributed by atoms with Crippen LogP contribution in [-0.4, -0.2) is 16.1 Å². The number of aromatic nitrogens is 2. The topological polar surface area (TPSA) is 60.9 Å². The van der Waals surface area contributed by atoms with Gasteiger partial charge >= 0.3 is 0 Å². The number of nitrogens with zero attached hydrogens (tertiary/aromatic N) is 2. The van der Waals surface area contributed by atoms with Gasteiger partial charge in [-0.3, -0.25) is 4.79 Å². The molecule has 84 valence electrons. The number of rotatable bonds is 3. The molecule has 2 rings (SSSR count). The molecule has 2 heterocycles. The van der Waals surface area contributed by atoms with E-state index in [0.717, 1.165) is 11.2 Å². The quantitative estimate of drug-likeness (QED) is 0.832. The molecule has 2 N–H and O–H groups in total. The van der Waals surface area contributed by atoms with E-state index in [1.165, 1.54) is 0 Å². The first-order valence-electron chi connectivity index (χ1n) is 5.02. The van der Waals surface area contributed by atoms with Gasteiger partial charge in [-0.2, -0.15) is 5.10 Å². The molecule has 0 unspecified atom stereocenters. The maximum atomic E-state index is 11.1. The summed E-state index contributed by atoms with van der Waals surface area (Å²) in [6.07, 6.45) is 0.774. The standard InChI is InChI=1S/C11H13N3OS/c1-7(2)14-11(12)8(6-15)10(13-14)9-4-3-5-16-9/h3-7H,12H2,1-2H3. The Morgan fingerprint density at radius 1 is 1.56 bits per heavy atom. The van der Waals surface area contributed by atoms with Crippen molar-refractivity contribution in [3.05, 3.63) is 23.1 Å². The van der Waals surface area contributed by atoms with Crippen molar-refractivity contribution in [1.82, 2.24) is 9.78 Å². The molecular formula is C11H13N3OS. The van der Waals surface area contributed by atoms with Gasteiger partial charge in [0.15, 0.2) is 6.29 Å². The highest BCUT2D eigenvalue weighted by molar-refractivity contribution is 7.13. The maximum absolute atomic E-state index is 11.1. The van der Waals surface area contributed by atoms with Crippen LogP contribution in [0.2, 0.25) is 0 Å². The second-order valence-corrected chi connectivity index (χ2v) is 4.73. The van der Waals surface area contributed by atoms with Gasteiger partial charge in [0.05, 0.1) is 10.4 Å². The summed E-state index contributed by atoms with van der Waals surface area (Å²) in [6, 6.07) is 4.01. The largest absolute Gasteiger partial charge is 0.383 e. The molecular weight excluding hydrogens is 222 g/mol. The van der Waals surface area contributed by atoms with Crippen molar-refractivity contribution in [2.45, 2.75) is 19.9 Å². The Labute approximate surface area is 97.7 Å². The highest BCUT2D eigenvalue weighted by Crippen LogP contribution is 2.30. The minimum Gasteiger partial charge on any atom is -0.383 e. The predicted molar refractivity (Wildman–Crippen MR) is 65.7 cm³/mol. The average Bonchev–Trinajstić information content (AvgIpc) is 2.83. The fraction of sp³-hybridized carbons (Fsp3) is 0.273. The lowest BCUT2D eigenvalue weighted by atomic mass is 10.2. The summed E-state index contributed by atoms with van der Waals surface area (Å²) in [5.74, 6) is 0.438. The van der Waals surface area contributed by atoms with Crippen LogP contribution in [-0.2, 0) is 0 Å². The Hall–Kier alpha value is -1.62. The fourth-order valence-electron chi connectivity index (χ4n) is 1.57. The van der Waals surface area contributed by atoms with Crippen molar-refractivity contribution < 1.29 is 4.79 Å². The monoisotopic (exact) mass is 235 g/mol. The van der Waals surface area contributed by atoms with E-state index in [2.05, 4.69) is 5.10 Å². The van der Waals surface area contributed by atoms with Crippen molar-refractivity contribution in [3.8, 4) is 10.6 Å². The van der Waals surface area contributed by atoms with Crippen LogP contribution in [0.15, 0.2) is 17.5 Å².